The molecule has 4 atom stereocenters. The van der Waals surface area contributed by atoms with Gasteiger partial charge in [0.1, 0.15) is 17.8 Å². The number of ether oxygens (including phenoxy) is 1. The van der Waals surface area contributed by atoms with Gasteiger partial charge in [0.15, 0.2) is 17.0 Å². The van der Waals surface area contributed by atoms with Crippen LogP contribution in [0.1, 0.15) is 59.6 Å². The fraction of sp³-hybridized carbons (Fsp3) is 0.538. The third-order valence-corrected chi connectivity index (χ3v) is 6.81. The summed E-state index contributed by atoms with van der Waals surface area (Å²) < 4.78 is 8.31. The van der Waals surface area contributed by atoms with Gasteiger partial charge in [-0.25, -0.2) is 9.78 Å². The van der Waals surface area contributed by atoms with Crippen LogP contribution in [-0.2, 0) is 16.1 Å². The van der Waals surface area contributed by atoms with Crippen LogP contribution in [-0.4, -0.2) is 70.3 Å². The average Bonchev–Trinajstić information content (AvgIpc) is 3.35. The minimum Gasteiger partial charge on any atom is -0.442 e. The van der Waals surface area contributed by atoms with Crippen LogP contribution in [0.15, 0.2) is 30.6 Å². The van der Waals surface area contributed by atoms with E-state index in [4.69, 9.17) is 21.2 Å². The van der Waals surface area contributed by atoms with Gasteiger partial charge in [-0.3, -0.25) is 4.84 Å². The monoisotopic (exact) mass is 672 g/mol. The van der Waals surface area contributed by atoms with Crippen LogP contribution >= 0.6 is 34.2 Å². The summed E-state index contributed by atoms with van der Waals surface area (Å²) in [6.45, 7) is 11.1. The first kappa shape index (κ1) is 29.7. The van der Waals surface area contributed by atoms with Crippen molar-refractivity contribution >= 4 is 57.3 Å². The summed E-state index contributed by atoms with van der Waals surface area (Å²) >= 11 is 8.54. The Kier molecular flexibility index (Phi) is 8.62. The zero-order valence-electron chi connectivity index (χ0n) is 22.7. The Hall–Kier alpha value is -2.26. The third kappa shape index (κ3) is 7.09. The fourth-order valence-corrected chi connectivity index (χ4v) is 5.20. The number of hydrogen-bond donors (Lipinski definition) is 3. The Morgan fingerprint density at radius 1 is 1.18 bits per heavy atom. The molecule has 2 aromatic heterocycles. The van der Waals surface area contributed by atoms with Crippen LogP contribution in [0.4, 0.5) is 10.6 Å². The lowest BCUT2D eigenvalue weighted by molar-refractivity contribution is -0.241. The predicted molar refractivity (Wildman–Crippen MR) is 155 cm³/mol. The first-order valence-electron chi connectivity index (χ1n) is 12.6. The van der Waals surface area contributed by atoms with E-state index < -0.39 is 41.6 Å². The molecule has 0 unspecified atom stereocenters. The zero-order valence-corrected chi connectivity index (χ0v) is 25.6. The summed E-state index contributed by atoms with van der Waals surface area (Å²) in [5.74, 6) is 0.443. The van der Waals surface area contributed by atoms with Gasteiger partial charge < -0.3 is 24.8 Å². The Labute approximate surface area is 246 Å². The number of hydroxylamine groups is 2. The van der Waals surface area contributed by atoms with E-state index in [-0.39, 0.29) is 11.7 Å². The van der Waals surface area contributed by atoms with E-state index in [9.17, 15) is 15.0 Å². The van der Waals surface area contributed by atoms with E-state index in [1.807, 2.05) is 18.2 Å². The molecule has 13 heteroatoms. The minimum atomic E-state index is -1.32. The lowest BCUT2D eigenvalue weighted by Crippen LogP contribution is -2.51. The van der Waals surface area contributed by atoms with E-state index in [2.05, 4.69) is 48.9 Å². The number of aliphatic hydroxyl groups excluding tert-OH is 2. The minimum absolute atomic E-state index is 0.00502. The highest BCUT2D eigenvalue weighted by molar-refractivity contribution is 14.1. The molecule has 0 aliphatic heterocycles. The number of carbonyl (C=O) groups excluding carboxylic acids is 1. The molecule has 1 saturated carbocycles. The molecule has 3 aromatic rings. The van der Waals surface area contributed by atoms with E-state index in [1.54, 1.807) is 46.1 Å². The third-order valence-electron chi connectivity index (χ3n) is 5.97. The number of nitrogens with zero attached hydrogens (tertiary/aromatic N) is 5. The van der Waals surface area contributed by atoms with Crippen molar-refractivity contribution in [2.75, 3.05) is 5.32 Å². The molecular formula is C26H34ClIN6O5. The largest absolute Gasteiger partial charge is 0.442 e. The van der Waals surface area contributed by atoms with Crippen LogP contribution in [0.2, 0.25) is 5.28 Å². The summed E-state index contributed by atoms with van der Waals surface area (Å²) in [5, 5.41) is 26.5. The SMILES string of the molecule is CC(C)(C)OC(=O)N(OC(C)(C)C)[C@H]1C[C@@H](n2cnc3c(NCc4cccc(I)c4)nc(Cl)nc32)[C@H](O)[C@@H]1O. The van der Waals surface area contributed by atoms with Crippen molar-refractivity contribution in [1.29, 1.82) is 0 Å². The number of benzene rings is 1. The number of imidazole rings is 1. The molecule has 212 valence electrons. The van der Waals surface area contributed by atoms with Crippen molar-refractivity contribution in [2.24, 2.45) is 0 Å². The van der Waals surface area contributed by atoms with E-state index in [1.165, 1.54) is 6.33 Å². The molecule has 0 bridgehead atoms. The van der Waals surface area contributed by atoms with Crippen molar-refractivity contribution in [3.8, 4) is 0 Å². The van der Waals surface area contributed by atoms with Gasteiger partial charge in [0.05, 0.1) is 24.0 Å². The standard InChI is InChI=1S/C26H34ClIN6O5/c1-25(2,3)38-24(37)34(39-26(4,5)6)17-11-16(19(35)20(17)36)33-13-30-18-21(31-23(27)32-22(18)33)29-12-14-8-7-9-15(28)10-14/h7-10,13,16-17,19-20,35-36H,11-12H2,1-6H3,(H,29,31,32)/t16-,17+,19+,20-/m1/s1. The second kappa shape index (κ2) is 11.3. The number of hydrogen-bond acceptors (Lipinski definition) is 9. The highest BCUT2D eigenvalue weighted by Crippen LogP contribution is 2.38. The normalized spacial score (nSPS) is 21.8. The Morgan fingerprint density at radius 2 is 1.90 bits per heavy atom. The molecule has 39 heavy (non-hydrogen) atoms. The van der Waals surface area contributed by atoms with E-state index >= 15 is 0 Å². The van der Waals surface area contributed by atoms with Crippen LogP contribution < -0.4 is 5.32 Å². The van der Waals surface area contributed by atoms with Crippen molar-refractivity contribution in [1.82, 2.24) is 24.6 Å². The lowest BCUT2D eigenvalue weighted by atomic mass is 10.2. The number of halogens is 2. The topological polar surface area (TPSA) is 135 Å². The molecule has 0 saturated heterocycles. The quantitative estimate of drug-likeness (QED) is 0.194. The Bertz CT molecular complexity index is 1340. The van der Waals surface area contributed by atoms with Gasteiger partial charge in [-0.2, -0.15) is 15.0 Å². The summed E-state index contributed by atoms with van der Waals surface area (Å²) in [6, 6.07) is 6.46. The fourth-order valence-electron chi connectivity index (χ4n) is 4.43. The predicted octanol–water partition coefficient (Wildman–Crippen LogP) is 4.70. The zero-order chi connectivity index (χ0) is 28.7. The van der Waals surface area contributed by atoms with E-state index in [0.29, 0.717) is 23.5 Å². The lowest BCUT2D eigenvalue weighted by Gasteiger charge is -2.36. The number of amides is 1. The van der Waals surface area contributed by atoms with Crippen LogP contribution in [0.25, 0.3) is 11.2 Å². The molecule has 0 spiro atoms. The molecule has 3 N–H and O–H groups in total. The smallest absolute Gasteiger partial charge is 0.434 e. The maximum Gasteiger partial charge on any atom is 0.434 e. The van der Waals surface area contributed by atoms with Gasteiger partial charge in [0, 0.05) is 10.1 Å². The summed E-state index contributed by atoms with van der Waals surface area (Å²) in [7, 11) is 0. The molecule has 1 amide bonds. The van der Waals surface area contributed by atoms with Crippen molar-refractivity contribution in [3.63, 3.8) is 0 Å². The number of nitrogens with one attached hydrogen (secondary N) is 1. The summed E-state index contributed by atoms with van der Waals surface area (Å²) in [5.41, 5.74) is 0.359. The maximum atomic E-state index is 13.1. The molecular weight excluding hydrogens is 639 g/mol. The molecule has 4 rings (SSSR count). The molecule has 1 aliphatic carbocycles. The molecule has 1 aromatic carbocycles. The summed E-state index contributed by atoms with van der Waals surface area (Å²) in [6.07, 6.45) is -1.65. The second-order valence-corrected chi connectivity index (χ2v) is 13.1. The molecule has 11 nitrogen and oxygen atoms in total. The van der Waals surface area contributed by atoms with Gasteiger partial charge in [-0.15, -0.1) is 0 Å². The molecule has 2 heterocycles. The molecule has 1 fully saturated rings. The Balaban J connectivity index is 1.63. The first-order valence-corrected chi connectivity index (χ1v) is 14.0. The number of rotatable bonds is 6. The van der Waals surface area contributed by atoms with Crippen LogP contribution in [0.5, 0.6) is 0 Å². The molecule has 1 aliphatic rings. The van der Waals surface area contributed by atoms with Gasteiger partial charge in [-0.1, -0.05) is 12.1 Å². The molecule has 0 radical (unpaired) electrons. The van der Waals surface area contributed by atoms with Crippen molar-refractivity contribution in [2.45, 2.75) is 90.0 Å². The van der Waals surface area contributed by atoms with Crippen LogP contribution in [0, 0.1) is 3.57 Å². The average molecular weight is 673 g/mol. The number of aromatic nitrogens is 4. The van der Waals surface area contributed by atoms with Gasteiger partial charge in [-0.05, 0) is 99.9 Å². The highest BCUT2D eigenvalue weighted by Gasteiger charge is 2.49. The van der Waals surface area contributed by atoms with Gasteiger partial charge >= 0.3 is 6.09 Å². The highest BCUT2D eigenvalue weighted by atomic mass is 127. The maximum absolute atomic E-state index is 13.1. The van der Waals surface area contributed by atoms with Gasteiger partial charge in [0.2, 0.25) is 5.28 Å². The number of fused-ring (bicyclic) bond motifs is 1. The number of aliphatic hydroxyl groups is 2. The summed E-state index contributed by atoms with van der Waals surface area (Å²) in [4.78, 5) is 32.2. The van der Waals surface area contributed by atoms with Crippen LogP contribution in [0.3, 0.4) is 0 Å². The Morgan fingerprint density at radius 3 is 2.54 bits per heavy atom. The van der Waals surface area contributed by atoms with E-state index in [0.717, 1.165) is 14.2 Å². The number of anilines is 1. The second-order valence-electron chi connectivity index (χ2n) is 11.5. The number of carbonyl (C=O) groups is 1. The first-order chi connectivity index (χ1) is 18.1. The van der Waals surface area contributed by atoms with Crippen molar-refractivity contribution in [3.05, 3.63) is 45.0 Å². The van der Waals surface area contributed by atoms with Crippen molar-refractivity contribution < 1.29 is 24.6 Å². The van der Waals surface area contributed by atoms with Gasteiger partial charge in [0.25, 0.3) is 0 Å².